The third-order valence-corrected chi connectivity index (χ3v) is 3.80. The summed E-state index contributed by atoms with van der Waals surface area (Å²) in [6.45, 7) is 3.87. The van der Waals surface area contributed by atoms with Crippen LogP contribution in [0.25, 0.3) is 0 Å². The second-order valence-corrected chi connectivity index (χ2v) is 5.90. The third kappa shape index (κ3) is 6.12. The summed E-state index contributed by atoms with van der Waals surface area (Å²) in [6, 6.07) is 16.7. The third-order valence-electron chi connectivity index (χ3n) is 3.80. The highest BCUT2D eigenvalue weighted by atomic mass is 16.6. The summed E-state index contributed by atoms with van der Waals surface area (Å²) in [7, 11) is 0. The monoisotopic (exact) mass is 384 g/mol. The lowest BCUT2D eigenvalue weighted by atomic mass is 10.1. The SMILES string of the molecule is CCNC(=O)NC(=O)[C@H](OC(=O)[C@H](CC)Oc1ccccc1)c1ccccc1. The Hall–Kier alpha value is -3.35. The zero-order valence-electron chi connectivity index (χ0n) is 15.9. The molecule has 2 rings (SSSR count). The van der Waals surface area contributed by atoms with E-state index in [1.807, 2.05) is 6.07 Å². The molecule has 0 saturated heterocycles. The molecule has 0 aliphatic heterocycles. The molecule has 0 bridgehead atoms. The van der Waals surface area contributed by atoms with E-state index < -0.39 is 30.1 Å². The van der Waals surface area contributed by atoms with E-state index in [0.717, 1.165) is 0 Å². The number of hydrogen-bond donors (Lipinski definition) is 2. The molecule has 0 fully saturated rings. The van der Waals surface area contributed by atoms with Gasteiger partial charge in [-0.25, -0.2) is 9.59 Å². The molecule has 0 aliphatic rings. The Morgan fingerprint density at radius 2 is 1.54 bits per heavy atom. The van der Waals surface area contributed by atoms with Gasteiger partial charge < -0.3 is 14.8 Å². The molecule has 2 aromatic carbocycles. The van der Waals surface area contributed by atoms with Gasteiger partial charge in [0.25, 0.3) is 5.91 Å². The number of para-hydroxylation sites is 1. The number of carbonyl (C=O) groups is 3. The summed E-state index contributed by atoms with van der Waals surface area (Å²) in [5.41, 5.74) is 0.451. The second-order valence-electron chi connectivity index (χ2n) is 5.90. The van der Waals surface area contributed by atoms with E-state index in [1.54, 1.807) is 68.4 Å². The minimum Gasteiger partial charge on any atom is -0.479 e. The van der Waals surface area contributed by atoms with Crippen molar-refractivity contribution in [2.24, 2.45) is 0 Å². The summed E-state index contributed by atoms with van der Waals surface area (Å²) in [5.74, 6) is -0.902. The van der Waals surface area contributed by atoms with Crippen molar-refractivity contribution in [2.45, 2.75) is 32.5 Å². The van der Waals surface area contributed by atoms with Gasteiger partial charge in [-0.2, -0.15) is 0 Å². The Morgan fingerprint density at radius 1 is 0.929 bits per heavy atom. The standard InChI is InChI=1S/C21H24N2O5/c1-3-17(27-16-13-9-6-10-14-16)20(25)28-18(15-11-7-5-8-12-15)19(24)23-21(26)22-4-2/h5-14,17-18H,3-4H2,1-2H3,(H2,22,23,24,26)/t17-,18+/m0/s1. The van der Waals surface area contributed by atoms with Gasteiger partial charge in [0.15, 0.2) is 6.10 Å². The van der Waals surface area contributed by atoms with Gasteiger partial charge in [-0.3, -0.25) is 10.1 Å². The first kappa shape index (κ1) is 21.0. The van der Waals surface area contributed by atoms with Crippen LogP contribution in [0.5, 0.6) is 5.75 Å². The molecule has 0 aliphatic carbocycles. The van der Waals surface area contributed by atoms with Crippen LogP contribution >= 0.6 is 0 Å². The normalized spacial score (nSPS) is 12.4. The van der Waals surface area contributed by atoms with Crippen molar-refractivity contribution in [1.82, 2.24) is 10.6 Å². The number of rotatable bonds is 8. The molecule has 0 saturated carbocycles. The van der Waals surface area contributed by atoms with Crippen molar-refractivity contribution in [3.8, 4) is 5.75 Å². The molecule has 0 unspecified atom stereocenters. The molecular weight excluding hydrogens is 360 g/mol. The van der Waals surface area contributed by atoms with Crippen LogP contribution in [0.15, 0.2) is 60.7 Å². The molecule has 0 heterocycles. The maximum atomic E-state index is 12.7. The Balaban J connectivity index is 2.15. The number of urea groups is 1. The molecule has 2 N–H and O–H groups in total. The van der Waals surface area contributed by atoms with Gasteiger partial charge in [-0.05, 0) is 25.5 Å². The molecule has 0 spiro atoms. The first-order chi connectivity index (χ1) is 13.5. The van der Waals surface area contributed by atoms with Crippen LogP contribution in [0, 0.1) is 0 Å². The maximum absolute atomic E-state index is 12.7. The smallest absolute Gasteiger partial charge is 0.348 e. The molecule has 0 aromatic heterocycles. The van der Waals surface area contributed by atoms with Gasteiger partial charge >= 0.3 is 12.0 Å². The quantitative estimate of drug-likeness (QED) is 0.683. The van der Waals surface area contributed by atoms with Crippen molar-refractivity contribution in [1.29, 1.82) is 0 Å². The molecule has 28 heavy (non-hydrogen) atoms. The number of amides is 3. The van der Waals surface area contributed by atoms with E-state index in [2.05, 4.69) is 10.6 Å². The van der Waals surface area contributed by atoms with E-state index >= 15 is 0 Å². The maximum Gasteiger partial charge on any atom is 0.348 e. The van der Waals surface area contributed by atoms with Crippen LogP contribution in [0.4, 0.5) is 4.79 Å². The number of ether oxygens (including phenoxy) is 2. The summed E-state index contributed by atoms with van der Waals surface area (Å²) in [5, 5.41) is 4.65. The van der Waals surface area contributed by atoms with E-state index in [0.29, 0.717) is 24.3 Å². The highest BCUT2D eigenvalue weighted by Gasteiger charge is 2.30. The number of imide groups is 1. The fourth-order valence-corrected chi connectivity index (χ4v) is 2.44. The molecular formula is C21H24N2O5. The number of hydrogen-bond acceptors (Lipinski definition) is 5. The van der Waals surface area contributed by atoms with Crippen LogP contribution in [-0.2, 0) is 14.3 Å². The van der Waals surface area contributed by atoms with Gasteiger partial charge in [-0.1, -0.05) is 55.5 Å². The molecule has 2 atom stereocenters. The summed E-state index contributed by atoms with van der Waals surface area (Å²) in [4.78, 5) is 36.9. The highest BCUT2D eigenvalue weighted by molar-refractivity contribution is 5.97. The van der Waals surface area contributed by atoms with Crippen LogP contribution < -0.4 is 15.4 Å². The largest absolute Gasteiger partial charge is 0.479 e. The van der Waals surface area contributed by atoms with E-state index in [4.69, 9.17) is 9.47 Å². The van der Waals surface area contributed by atoms with Crippen LogP contribution in [0.3, 0.4) is 0 Å². The fourth-order valence-electron chi connectivity index (χ4n) is 2.44. The van der Waals surface area contributed by atoms with Gasteiger partial charge in [-0.15, -0.1) is 0 Å². The number of carbonyl (C=O) groups excluding carboxylic acids is 3. The Bertz CT molecular complexity index is 780. The average molecular weight is 384 g/mol. The van der Waals surface area contributed by atoms with Crippen molar-refractivity contribution < 1.29 is 23.9 Å². The van der Waals surface area contributed by atoms with Crippen LogP contribution in [0.1, 0.15) is 31.9 Å². The number of nitrogens with one attached hydrogen (secondary N) is 2. The van der Waals surface area contributed by atoms with E-state index in [1.165, 1.54) is 0 Å². The molecule has 7 nitrogen and oxygen atoms in total. The number of esters is 1. The topological polar surface area (TPSA) is 93.7 Å². The predicted octanol–water partition coefficient (Wildman–Crippen LogP) is 2.97. The lowest BCUT2D eigenvalue weighted by molar-refractivity contribution is -0.163. The van der Waals surface area contributed by atoms with Crippen molar-refractivity contribution in [2.75, 3.05) is 6.54 Å². The lowest BCUT2D eigenvalue weighted by Gasteiger charge is -2.21. The van der Waals surface area contributed by atoms with E-state index in [9.17, 15) is 14.4 Å². The molecule has 0 radical (unpaired) electrons. The minimum atomic E-state index is -1.27. The van der Waals surface area contributed by atoms with Crippen LogP contribution in [0.2, 0.25) is 0 Å². The lowest BCUT2D eigenvalue weighted by Crippen LogP contribution is -2.43. The zero-order chi connectivity index (χ0) is 20.4. The van der Waals surface area contributed by atoms with Gasteiger partial charge in [0.05, 0.1) is 0 Å². The summed E-state index contributed by atoms with van der Waals surface area (Å²) < 4.78 is 11.1. The zero-order valence-corrected chi connectivity index (χ0v) is 15.9. The van der Waals surface area contributed by atoms with Crippen molar-refractivity contribution in [3.63, 3.8) is 0 Å². The minimum absolute atomic E-state index is 0.354. The summed E-state index contributed by atoms with van der Waals surface area (Å²) in [6.07, 6.45) is -1.80. The second kappa shape index (κ2) is 10.7. The van der Waals surface area contributed by atoms with Crippen molar-refractivity contribution in [3.05, 3.63) is 66.2 Å². The highest BCUT2D eigenvalue weighted by Crippen LogP contribution is 2.20. The Morgan fingerprint density at radius 3 is 2.11 bits per heavy atom. The van der Waals surface area contributed by atoms with Crippen molar-refractivity contribution >= 4 is 17.9 Å². The van der Waals surface area contributed by atoms with Gasteiger partial charge in [0, 0.05) is 12.1 Å². The molecule has 148 valence electrons. The average Bonchev–Trinajstić information content (AvgIpc) is 2.71. The molecule has 3 amide bonds. The summed E-state index contributed by atoms with van der Waals surface area (Å²) >= 11 is 0. The fraction of sp³-hybridized carbons (Fsp3) is 0.286. The first-order valence-corrected chi connectivity index (χ1v) is 9.11. The molecule has 7 heteroatoms. The Labute approximate surface area is 164 Å². The van der Waals surface area contributed by atoms with Gasteiger partial charge in [0.1, 0.15) is 5.75 Å². The number of benzene rings is 2. The molecule has 2 aromatic rings. The first-order valence-electron chi connectivity index (χ1n) is 9.11. The van der Waals surface area contributed by atoms with E-state index in [-0.39, 0.29) is 0 Å². The predicted molar refractivity (Wildman–Crippen MR) is 104 cm³/mol. The van der Waals surface area contributed by atoms with Crippen LogP contribution in [-0.4, -0.2) is 30.6 Å². The van der Waals surface area contributed by atoms with Gasteiger partial charge in [0.2, 0.25) is 6.10 Å². The Kier molecular flexibility index (Phi) is 8.02.